The van der Waals surface area contributed by atoms with Crippen LogP contribution in [0.3, 0.4) is 0 Å². The van der Waals surface area contributed by atoms with Gasteiger partial charge in [-0.25, -0.2) is 9.78 Å². The van der Waals surface area contributed by atoms with Crippen LogP contribution in [0.2, 0.25) is 0 Å². The van der Waals surface area contributed by atoms with Crippen LogP contribution in [-0.2, 0) is 24.3 Å². The third kappa shape index (κ3) is 4.89. The minimum absolute atomic E-state index is 0.941. The molecule has 0 unspecified atom stereocenters. The van der Waals surface area contributed by atoms with Crippen molar-refractivity contribution in [2.45, 2.75) is 32.1 Å². The number of aromatic nitrogens is 4. The number of aryl methyl sites for hydroxylation is 1. The summed E-state index contributed by atoms with van der Waals surface area (Å²) in [5.41, 5.74) is 4.17. The fraction of sp³-hybridized carbons (Fsp3) is 0.389. The maximum atomic E-state index is 10.6. The van der Waals surface area contributed by atoms with E-state index in [0.29, 0.717) is 0 Å². The zero-order chi connectivity index (χ0) is 20.1. The number of halogens is 3. The second-order valence-corrected chi connectivity index (χ2v) is 6.47. The highest BCUT2D eigenvalue weighted by Crippen LogP contribution is 2.27. The van der Waals surface area contributed by atoms with Gasteiger partial charge < -0.3 is 10.1 Å². The first kappa shape index (κ1) is 19.9. The van der Waals surface area contributed by atoms with Gasteiger partial charge in [-0.1, -0.05) is 18.2 Å². The highest BCUT2D eigenvalue weighted by atomic mass is 19.4. The summed E-state index contributed by atoms with van der Waals surface area (Å²) >= 11 is 0. The fourth-order valence-corrected chi connectivity index (χ4v) is 3.24. The molecule has 0 fully saturated rings. The Bertz CT molecular complexity index is 921. The molecule has 0 bridgehead atoms. The molecule has 1 aromatic carbocycles. The van der Waals surface area contributed by atoms with Crippen LogP contribution in [0, 0.1) is 0 Å². The smallest absolute Gasteiger partial charge is 0.475 e. The molecule has 10 heteroatoms. The Labute approximate surface area is 158 Å². The van der Waals surface area contributed by atoms with E-state index >= 15 is 0 Å². The lowest BCUT2D eigenvalue weighted by molar-refractivity contribution is -0.192. The van der Waals surface area contributed by atoms with E-state index in [4.69, 9.17) is 9.90 Å². The number of aromatic amines is 1. The molecule has 7 nitrogen and oxygen atoms in total. The van der Waals surface area contributed by atoms with Crippen molar-refractivity contribution in [3.63, 3.8) is 0 Å². The zero-order valence-electron chi connectivity index (χ0n) is 15.0. The number of hydrogen-bond acceptors (Lipinski definition) is 4. The molecule has 4 rings (SSSR count). The number of nitrogens with zero attached hydrogens (tertiary/aromatic N) is 4. The van der Waals surface area contributed by atoms with E-state index in [9.17, 15) is 13.2 Å². The Morgan fingerprint density at radius 3 is 2.68 bits per heavy atom. The normalized spacial score (nSPS) is 14.4. The molecule has 150 valence electrons. The molecule has 0 aliphatic carbocycles. The molecular weight excluding hydrogens is 375 g/mol. The molecule has 2 aromatic heterocycles. The molecule has 28 heavy (non-hydrogen) atoms. The van der Waals surface area contributed by atoms with Crippen molar-refractivity contribution in [3.05, 3.63) is 48.2 Å². The zero-order valence-corrected chi connectivity index (χ0v) is 15.0. The van der Waals surface area contributed by atoms with Crippen molar-refractivity contribution in [2.24, 2.45) is 0 Å². The summed E-state index contributed by atoms with van der Waals surface area (Å²) in [6.07, 6.45) is 0.547. The average Bonchev–Trinajstić information content (AvgIpc) is 3.28. The minimum atomic E-state index is -5.08. The van der Waals surface area contributed by atoms with Crippen LogP contribution < -0.4 is 0 Å². The van der Waals surface area contributed by atoms with Crippen LogP contribution in [0.5, 0.6) is 0 Å². The number of fused-ring (bicyclic) bond motifs is 3. The molecular formula is C18H20F3N5O2. The van der Waals surface area contributed by atoms with Gasteiger partial charge in [-0.3, -0.25) is 9.58 Å². The highest BCUT2D eigenvalue weighted by molar-refractivity contribution is 5.84. The molecule has 1 aliphatic rings. The van der Waals surface area contributed by atoms with Crippen LogP contribution in [0.15, 0.2) is 36.9 Å². The number of H-pyrrole nitrogens is 1. The molecule has 0 spiro atoms. The molecule has 3 aromatic rings. The van der Waals surface area contributed by atoms with E-state index in [2.05, 4.69) is 44.2 Å². The van der Waals surface area contributed by atoms with Gasteiger partial charge in [0.1, 0.15) is 12.7 Å². The molecule has 0 radical (unpaired) electrons. The fourth-order valence-electron chi connectivity index (χ4n) is 3.24. The highest BCUT2D eigenvalue weighted by Gasteiger charge is 2.38. The van der Waals surface area contributed by atoms with Crippen molar-refractivity contribution < 1.29 is 23.1 Å². The first-order valence-electron chi connectivity index (χ1n) is 8.78. The number of para-hydroxylation sites is 1. The Kier molecular flexibility index (Phi) is 5.98. The van der Waals surface area contributed by atoms with Crippen LogP contribution in [0.25, 0.3) is 10.9 Å². The standard InChI is InChI=1S/C16H19N5.C2HF3O2/c1-2-5-15-13(4-1)14-6-9-20(10-16(14)19-15)7-3-8-21-12-17-11-18-21;3-2(4,5)1(6)7/h1-2,4-5,11-12,19H,3,6-10H2;(H,6,7). The maximum absolute atomic E-state index is 10.6. The Balaban J connectivity index is 0.000000279. The molecule has 0 amide bonds. The van der Waals surface area contributed by atoms with Crippen molar-refractivity contribution in [3.8, 4) is 0 Å². The van der Waals surface area contributed by atoms with Gasteiger partial charge in [0.25, 0.3) is 0 Å². The van der Waals surface area contributed by atoms with Gasteiger partial charge in [0.2, 0.25) is 0 Å². The van der Waals surface area contributed by atoms with Gasteiger partial charge in [0, 0.05) is 42.8 Å². The van der Waals surface area contributed by atoms with E-state index in [1.54, 1.807) is 12.7 Å². The summed E-state index contributed by atoms with van der Waals surface area (Å²) in [4.78, 5) is 19.0. The maximum Gasteiger partial charge on any atom is 0.490 e. The first-order chi connectivity index (χ1) is 13.3. The first-order valence-corrected chi connectivity index (χ1v) is 8.78. The van der Waals surface area contributed by atoms with Gasteiger partial charge >= 0.3 is 12.1 Å². The second-order valence-electron chi connectivity index (χ2n) is 6.47. The summed E-state index contributed by atoms with van der Waals surface area (Å²) in [6.45, 7) is 4.22. The van der Waals surface area contributed by atoms with Crippen molar-refractivity contribution >= 4 is 16.9 Å². The second kappa shape index (κ2) is 8.42. The van der Waals surface area contributed by atoms with E-state index in [1.165, 1.54) is 22.2 Å². The van der Waals surface area contributed by atoms with Gasteiger partial charge in [-0.2, -0.15) is 18.3 Å². The van der Waals surface area contributed by atoms with Crippen LogP contribution in [0.1, 0.15) is 17.7 Å². The molecule has 2 N–H and O–H groups in total. The third-order valence-electron chi connectivity index (χ3n) is 4.53. The van der Waals surface area contributed by atoms with Gasteiger partial charge in [0.05, 0.1) is 0 Å². The Morgan fingerprint density at radius 2 is 2.00 bits per heavy atom. The molecule has 3 heterocycles. The van der Waals surface area contributed by atoms with E-state index in [0.717, 1.165) is 39.0 Å². The van der Waals surface area contributed by atoms with E-state index in [1.807, 2.05) is 4.68 Å². The molecule has 0 saturated carbocycles. The predicted octanol–water partition coefficient (Wildman–Crippen LogP) is 2.84. The van der Waals surface area contributed by atoms with Crippen LogP contribution in [0.4, 0.5) is 13.2 Å². The quantitative estimate of drug-likeness (QED) is 0.709. The van der Waals surface area contributed by atoms with E-state index in [-0.39, 0.29) is 0 Å². The van der Waals surface area contributed by atoms with Gasteiger partial charge in [-0.15, -0.1) is 0 Å². The number of carboxylic acids is 1. The third-order valence-corrected chi connectivity index (χ3v) is 4.53. The SMILES string of the molecule is O=C(O)C(F)(F)F.c1ccc2c3c([nH]c2c1)CN(CCCn1cncn1)CC3. The molecule has 0 saturated heterocycles. The number of alkyl halides is 3. The van der Waals surface area contributed by atoms with Crippen molar-refractivity contribution in [1.29, 1.82) is 0 Å². The van der Waals surface area contributed by atoms with E-state index < -0.39 is 12.1 Å². The van der Waals surface area contributed by atoms with Crippen LogP contribution >= 0.6 is 0 Å². The monoisotopic (exact) mass is 395 g/mol. The lowest BCUT2D eigenvalue weighted by Crippen LogP contribution is -2.31. The number of rotatable bonds is 4. The predicted molar refractivity (Wildman–Crippen MR) is 95.6 cm³/mol. The number of carboxylic acid groups (broad SMARTS) is 1. The summed E-state index contributed by atoms with van der Waals surface area (Å²) in [5, 5.41) is 12.7. The Hall–Kier alpha value is -2.88. The average molecular weight is 395 g/mol. The number of aliphatic carboxylic acids is 1. The topological polar surface area (TPSA) is 87.0 Å². The van der Waals surface area contributed by atoms with Crippen LogP contribution in [-0.4, -0.2) is 55.0 Å². The number of carbonyl (C=O) groups is 1. The lowest BCUT2D eigenvalue weighted by atomic mass is 10.0. The Morgan fingerprint density at radius 1 is 1.25 bits per heavy atom. The summed E-state index contributed by atoms with van der Waals surface area (Å²) in [6, 6.07) is 8.62. The minimum Gasteiger partial charge on any atom is -0.475 e. The summed E-state index contributed by atoms with van der Waals surface area (Å²) in [5.74, 6) is -2.76. The number of benzene rings is 1. The molecule has 1 aliphatic heterocycles. The number of nitrogens with one attached hydrogen (secondary N) is 1. The largest absolute Gasteiger partial charge is 0.490 e. The van der Waals surface area contributed by atoms with Crippen molar-refractivity contribution in [2.75, 3.05) is 13.1 Å². The van der Waals surface area contributed by atoms with Crippen molar-refractivity contribution in [1.82, 2.24) is 24.6 Å². The summed E-state index contributed by atoms with van der Waals surface area (Å²) in [7, 11) is 0. The molecule has 0 atom stereocenters. The van der Waals surface area contributed by atoms with Gasteiger partial charge in [0.15, 0.2) is 0 Å². The van der Waals surface area contributed by atoms with Gasteiger partial charge in [-0.05, 0) is 24.5 Å². The summed E-state index contributed by atoms with van der Waals surface area (Å²) < 4.78 is 33.6. The number of hydrogen-bond donors (Lipinski definition) is 2. The lowest BCUT2D eigenvalue weighted by Gasteiger charge is -2.26.